The van der Waals surface area contributed by atoms with E-state index in [0.29, 0.717) is 5.75 Å². The standard InChI is InChI=1S/C18H21NO4S/c1-13-4-8-16(9-5-13)23-12-18(20)19-14(2)15-6-10-17(11-7-15)24(3,21)22/h4-11,14H,12H2,1-3H3,(H,19,20). The second-order valence-corrected chi connectivity index (χ2v) is 7.75. The van der Waals surface area contributed by atoms with Gasteiger partial charge in [0.2, 0.25) is 0 Å². The lowest BCUT2D eigenvalue weighted by atomic mass is 10.1. The van der Waals surface area contributed by atoms with Crippen molar-refractivity contribution in [3.63, 3.8) is 0 Å². The Morgan fingerprint density at radius 1 is 1.08 bits per heavy atom. The highest BCUT2D eigenvalue weighted by molar-refractivity contribution is 7.90. The molecule has 1 N–H and O–H groups in total. The number of hydrogen-bond donors (Lipinski definition) is 1. The highest BCUT2D eigenvalue weighted by Crippen LogP contribution is 2.16. The van der Waals surface area contributed by atoms with Gasteiger partial charge in [0.25, 0.3) is 5.91 Å². The van der Waals surface area contributed by atoms with Crippen LogP contribution in [-0.4, -0.2) is 27.2 Å². The van der Waals surface area contributed by atoms with E-state index in [9.17, 15) is 13.2 Å². The van der Waals surface area contributed by atoms with Gasteiger partial charge in [-0.1, -0.05) is 29.8 Å². The minimum atomic E-state index is -3.22. The number of benzene rings is 2. The lowest BCUT2D eigenvalue weighted by Gasteiger charge is -2.15. The fourth-order valence-electron chi connectivity index (χ4n) is 2.15. The molecule has 0 saturated heterocycles. The maximum absolute atomic E-state index is 12.0. The molecule has 1 unspecified atom stereocenters. The SMILES string of the molecule is Cc1ccc(OCC(=O)NC(C)c2ccc(S(C)(=O)=O)cc2)cc1. The van der Waals surface area contributed by atoms with Crippen molar-refractivity contribution >= 4 is 15.7 Å². The van der Waals surface area contributed by atoms with E-state index in [1.54, 1.807) is 12.1 Å². The van der Waals surface area contributed by atoms with Gasteiger partial charge in [0.1, 0.15) is 5.75 Å². The fourth-order valence-corrected chi connectivity index (χ4v) is 2.78. The van der Waals surface area contributed by atoms with Crippen LogP contribution >= 0.6 is 0 Å². The summed E-state index contributed by atoms with van der Waals surface area (Å²) in [6.45, 7) is 3.74. The second-order valence-electron chi connectivity index (χ2n) is 5.73. The van der Waals surface area contributed by atoms with E-state index in [-0.39, 0.29) is 23.5 Å². The van der Waals surface area contributed by atoms with Gasteiger partial charge < -0.3 is 10.1 Å². The lowest BCUT2D eigenvalue weighted by Crippen LogP contribution is -2.31. The Bertz CT molecular complexity index is 796. The van der Waals surface area contributed by atoms with Crippen LogP contribution in [0.5, 0.6) is 5.75 Å². The zero-order valence-corrected chi connectivity index (χ0v) is 14.8. The average Bonchev–Trinajstić information content (AvgIpc) is 2.53. The fraction of sp³-hybridized carbons (Fsp3) is 0.278. The Labute approximate surface area is 142 Å². The molecule has 0 aliphatic heterocycles. The van der Waals surface area contributed by atoms with Crippen LogP contribution in [0.3, 0.4) is 0 Å². The predicted molar refractivity (Wildman–Crippen MR) is 92.8 cm³/mol. The van der Waals surface area contributed by atoms with Gasteiger partial charge in [0.05, 0.1) is 10.9 Å². The number of ether oxygens (including phenoxy) is 1. The molecular formula is C18H21NO4S. The molecule has 0 aliphatic carbocycles. The van der Waals surface area contributed by atoms with Crippen molar-refractivity contribution in [2.24, 2.45) is 0 Å². The first-order valence-corrected chi connectivity index (χ1v) is 9.44. The van der Waals surface area contributed by atoms with Crippen molar-refractivity contribution in [1.82, 2.24) is 5.32 Å². The molecule has 6 heteroatoms. The van der Waals surface area contributed by atoms with Crippen LogP contribution in [0.15, 0.2) is 53.4 Å². The van der Waals surface area contributed by atoms with E-state index in [4.69, 9.17) is 4.74 Å². The first kappa shape index (κ1) is 18.0. The lowest BCUT2D eigenvalue weighted by molar-refractivity contribution is -0.123. The molecule has 0 heterocycles. The second kappa shape index (κ2) is 7.49. The zero-order valence-electron chi connectivity index (χ0n) is 13.9. The minimum Gasteiger partial charge on any atom is -0.484 e. The Morgan fingerprint density at radius 3 is 2.21 bits per heavy atom. The normalized spacial score (nSPS) is 12.5. The van der Waals surface area contributed by atoms with Crippen molar-refractivity contribution in [3.8, 4) is 5.75 Å². The molecule has 5 nitrogen and oxygen atoms in total. The van der Waals surface area contributed by atoms with Gasteiger partial charge in [-0.2, -0.15) is 0 Å². The van der Waals surface area contributed by atoms with Gasteiger partial charge in [-0.3, -0.25) is 4.79 Å². The van der Waals surface area contributed by atoms with Gasteiger partial charge in [0.15, 0.2) is 16.4 Å². The molecule has 0 aliphatic rings. The molecule has 1 amide bonds. The van der Waals surface area contributed by atoms with E-state index in [0.717, 1.165) is 17.4 Å². The van der Waals surface area contributed by atoms with Gasteiger partial charge in [-0.15, -0.1) is 0 Å². The van der Waals surface area contributed by atoms with E-state index >= 15 is 0 Å². The number of hydrogen-bond acceptors (Lipinski definition) is 4. The number of amides is 1. The quantitative estimate of drug-likeness (QED) is 0.872. The summed E-state index contributed by atoms with van der Waals surface area (Å²) in [5.74, 6) is 0.399. The van der Waals surface area contributed by atoms with Crippen LogP contribution < -0.4 is 10.1 Å². The van der Waals surface area contributed by atoms with E-state index in [1.165, 1.54) is 12.1 Å². The van der Waals surface area contributed by atoms with E-state index < -0.39 is 9.84 Å². The summed E-state index contributed by atoms with van der Waals surface area (Å²) in [4.78, 5) is 12.2. The van der Waals surface area contributed by atoms with Crippen LogP contribution in [0.4, 0.5) is 0 Å². The summed E-state index contributed by atoms with van der Waals surface area (Å²) < 4.78 is 28.3. The zero-order chi connectivity index (χ0) is 17.7. The average molecular weight is 347 g/mol. The molecule has 0 saturated carbocycles. The maximum Gasteiger partial charge on any atom is 0.258 e. The molecule has 0 fully saturated rings. The molecule has 128 valence electrons. The summed E-state index contributed by atoms with van der Waals surface area (Å²) in [6.07, 6.45) is 1.16. The Kier molecular flexibility index (Phi) is 5.62. The third kappa shape index (κ3) is 5.09. The van der Waals surface area contributed by atoms with Crippen molar-refractivity contribution in [1.29, 1.82) is 0 Å². The highest BCUT2D eigenvalue weighted by Gasteiger charge is 2.12. The smallest absolute Gasteiger partial charge is 0.258 e. The molecule has 0 spiro atoms. The first-order chi connectivity index (χ1) is 11.3. The molecule has 0 aromatic heterocycles. The third-order valence-electron chi connectivity index (χ3n) is 3.58. The maximum atomic E-state index is 12.0. The summed E-state index contributed by atoms with van der Waals surface area (Å²) in [5, 5.41) is 2.82. The Hall–Kier alpha value is -2.34. The number of sulfone groups is 1. The van der Waals surface area contributed by atoms with Gasteiger partial charge in [-0.25, -0.2) is 8.42 Å². The third-order valence-corrected chi connectivity index (χ3v) is 4.71. The monoisotopic (exact) mass is 347 g/mol. The number of carbonyl (C=O) groups is 1. The highest BCUT2D eigenvalue weighted by atomic mass is 32.2. The number of nitrogens with one attached hydrogen (secondary N) is 1. The molecule has 2 aromatic rings. The van der Waals surface area contributed by atoms with Crippen LogP contribution in [0, 0.1) is 6.92 Å². The van der Waals surface area contributed by atoms with Crippen molar-refractivity contribution in [2.75, 3.05) is 12.9 Å². The Balaban J connectivity index is 1.90. The van der Waals surface area contributed by atoms with Crippen LogP contribution in [0.2, 0.25) is 0 Å². The van der Waals surface area contributed by atoms with E-state index in [2.05, 4.69) is 5.32 Å². The van der Waals surface area contributed by atoms with Crippen LogP contribution in [-0.2, 0) is 14.6 Å². The van der Waals surface area contributed by atoms with Crippen LogP contribution in [0.25, 0.3) is 0 Å². The molecule has 0 bridgehead atoms. The summed E-state index contributed by atoms with van der Waals surface area (Å²) in [7, 11) is -3.22. The molecule has 24 heavy (non-hydrogen) atoms. The summed E-state index contributed by atoms with van der Waals surface area (Å²) in [5.41, 5.74) is 1.95. The summed E-state index contributed by atoms with van der Waals surface area (Å²) >= 11 is 0. The molecule has 0 radical (unpaired) electrons. The predicted octanol–water partition coefficient (Wildman–Crippen LogP) is 2.65. The topological polar surface area (TPSA) is 72.5 Å². The molecular weight excluding hydrogens is 326 g/mol. The van der Waals surface area contributed by atoms with Crippen molar-refractivity contribution < 1.29 is 17.9 Å². The van der Waals surface area contributed by atoms with Crippen molar-refractivity contribution in [3.05, 3.63) is 59.7 Å². The first-order valence-electron chi connectivity index (χ1n) is 7.54. The molecule has 2 aromatic carbocycles. The number of rotatable bonds is 6. The van der Waals surface area contributed by atoms with Gasteiger partial charge >= 0.3 is 0 Å². The minimum absolute atomic E-state index is 0.0746. The summed E-state index contributed by atoms with van der Waals surface area (Å²) in [6, 6.07) is 13.7. The number of carbonyl (C=O) groups excluding carboxylic acids is 1. The largest absolute Gasteiger partial charge is 0.484 e. The van der Waals surface area contributed by atoms with E-state index in [1.807, 2.05) is 38.1 Å². The molecule has 1 atom stereocenters. The van der Waals surface area contributed by atoms with Crippen LogP contribution in [0.1, 0.15) is 24.1 Å². The van der Waals surface area contributed by atoms with Gasteiger partial charge in [0, 0.05) is 6.26 Å². The van der Waals surface area contributed by atoms with Gasteiger partial charge in [-0.05, 0) is 43.7 Å². The van der Waals surface area contributed by atoms with Crippen molar-refractivity contribution in [2.45, 2.75) is 24.8 Å². The molecule has 2 rings (SSSR count). The Morgan fingerprint density at radius 2 is 1.67 bits per heavy atom. The number of aryl methyl sites for hydroxylation is 1.